The molecule has 1 fully saturated rings. The summed E-state index contributed by atoms with van der Waals surface area (Å²) in [6.45, 7) is 11.3. The third-order valence-electron chi connectivity index (χ3n) is 4.79. The molecule has 0 spiro atoms. The molecule has 0 unspecified atom stereocenters. The monoisotopic (exact) mass is 330 g/mol. The van der Waals surface area contributed by atoms with Gasteiger partial charge in [0.25, 0.3) is 0 Å². The van der Waals surface area contributed by atoms with Gasteiger partial charge in [-0.15, -0.1) is 0 Å². The van der Waals surface area contributed by atoms with Crippen LogP contribution in [0, 0.1) is 12.7 Å². The van der Waals surface area contributed by atoms with Gasteiger partial charge in [0.2, 0.25) is 0 Å². The zero-order chi connectivity index (χ0) is 16.9. The lowest BCUT2D eigenvalue weighted by molar-refractivity contribution is 0.121. The topological polar surface area (TPSA) is 24.3 Å². The van der Waals surface area contributed by atoms with E-state index in [0.717, 1.165) is 57.8 Å². The molecule has 130 valence electrons. The predicted molar refractivity (Wildman–Crippen MR) is 94.2 cm³/mol. The number of piperazine rings is 1. The Bertz CT molecular complexity index is 659. The molecule has 0 atom stereocenters. The fraction of sp³-hybridized carbons (Fsp3) is 0.526. The molecule has 2 heterocycles. The average molecular weight is 330 g/mol. The minimum Gasteiger partial charge on any atom is -0.297 e. The van der Waals surface area contributed by atoms with Gasteiger partial charge in [-0.25, -0.2) is 4.39 Å². The maximum Gasteiger partial charge on any atom is 0.123 e. The average Bonchev–Trinajstić information content (AvgIpc) is 2.90. The first-order chi connectivity index (χ1) is 11.7. The van der Waals surface area contributed by atoms with E-state index in [1.165, 1.54) is 17.3 Å². The summed E-state index contributed by atoms with van der Waals surface area (Å²) in [5, 5.41) is 4.49. The number of rotatable bonds is 6. The molecule has 24 heavy (non-hydrogen) atoms. The minimum atomic E-state index is -0.147. The summed E-state index contributed by atoms with van der Waals surface area (Å²) in [5.74, 6) is -0.147. The molecule has 0 bridgehead atoms. The van der Waals surface area contributed by atoms with Crippen LogP contribution in [0.2, 0.25) is 0 Å². The zero-order valence-electron chi connectivity index (χ0n) is 14.7. The molecule has 0 N–H and O–H groups in total. The fourth-order valence-corrected chi connectivity index (χ4v) is 3.32. The van der Waals surface area contributed by atoms with Crippen molar-refractivity contribution in [1.82, 2.24) is 19.6 Å². The van der Waals surface area contributed by atoms with Crippen molar-refractivity contribution >= 4 is 0 Å². The Balaban J connectivity index is 1.50. The lowest BCUT2D eigenvalue weighted by Gasteiger charge is -2.34. The molecular formula is C19H27FN4. The number of hydrogen-bond donors (Lipinski definition) is 0. The van der Waals surface area contributed by atoms with Gasteiger partial charge in [-0.3, -0.25) is 14.5 Å². The number of aromatic nitrogens is 2. The Morgan fingerprint density at radius 1 is 1.08 bits per heavy atom. The summed E-state index contributed by atoms with van der Waals surface area (Å²) < 4.78 is 15.4. The lowest BCUT2D eigenvalue weighted by atomic mass is 10.2. The molecule has 4 nitrogen and oxygen atoms in total. The molecule has 0 saturated carbocycles. The molecule has 0 radical (unpaired) electrons. The van der Waals surface area contributed by atoms with Crippen molar-refractivity contribution in [1.29, 1.82) is 0 Å². The Kier molecular flexibility index (Phi) is 5.63. The van der Waals surface area contributed by atoms with Gasteiger partial charge < -0.3 is 0 Å². The van der Waals surface area contributed by atoms with Gasteiger partial charge in [-0.2, -0.15) is 5.10 Å². The minimum absolute atomic E-state index is 0.147. The van der Waals surface area contributed by atoms with Crippen LogP contribution >= 0.6 is 0 Å². The predicted octanol–water partition coefficient (Wildman–Crippen LogP) is 3.06. The number of aryl methyl sites for hydroxylation is 1. The van der Waals surface area contributed by atoms with E-state index in [-0.39, 0.29) is 5.82 Å². The van der Waals surface area contributed by atoms with Crippen LogP contribution in [-0.2, 0) is 19.6 Å². The SMILES string of the molecule is CCCn1ncc(CN2CCN(Cc3cccc(F)c3)CC2)c1C. The largest absolute Gasteiger partial charge is 0.297 e. The second-order valence-corrected chi connectivity index (χ2v) is 6.66. The second kappa shape index (κ2) is 7.90. The Morgan fingerprint density at radius 3 is 2.46 bits per heavy atom. The van der Waals surface area contributed by atoms with Gasteiger partial charge in [0, 0.05) is 57.1 Å². The van der Waals surface area contributed by atoms with Gasteiger partial charge in [0.05, 0.1) is 6.20 Å². The van der Waals surface area contributed by atoms with E-state index >= 15 is 0 Å². The van der Waals surface area contributed by atoms with Gasteiger partial charge in [0.1, 0.15) is 5.82 Å². The van der Waals surface area contributed by atoms with Gasteiger partial charge in [0.15, 0.2) is 0 Å². The van der Waals surface area contributed by atoms with Crippen molar-refractivity contribution in [2.45, 2.75) is 39.9 Å². The lowest BCUT2D eigenvalue weighted by Crippen LogP contribution is -2.45. The molecule has 2 aromatic rings. The van der Waals surface area contributed by atoms with Crippen LogP contribution in [0.1, 0.15) is 30.2 Å². The zero-order valence-corrected chi connectivity index (χ0v) is 14.7. The van der Waals surface area contributed by atoms with Crippen molar-refractivity contribution in [3.8, 4) is 0 Å². The molecule has 1 aliphatic heterocycles. The summed E-state index contributed by atoms with van der Waals surface area (Å²) in [4.78, 5) is 4.89. The highest BCUT2D eigenvalue weighted by molar-refractivity contribution is 5.17. The molecule has 1 aromatic carbocycles. The Hall–Kier alpha value is -1.72. The summed E-state index contributed by atoms with van der Waals surface area (Å²) in [6.07, 6.45) is 3.13. The summed E-state index contributed by atoms with van der Waals surface area (Å²) >= 11 is 0. The van der Waals surface area contributed by atoms with E-state index in [2.05, 4.69) is 33.4 Å². The first-order valence-electron chi connectivity index (χ1n) is 8.86. The molecular weight excluding hydrogens is 303 g/mol. The smallest absolute Gasteiger partial charge is 0.123 e. The van der Waals surface area contributed by atoms with E-state index in [4.69, 9.17) is 0 Å². The Morgan fingerprint density at radius 2 is 1.79 bits per heavy atom. The molecule has 3 rings (SSSR count). The van der Waals surface area contributed by atoms with Crippen molar-refractivity contribution in [3.63, 3.8) is 0 Å². The van der Waals surface area contributed by atoms with Gasteiger partial charge in [-0.1, -0.05) is 19.1 Å². The van der Waals surface area contributed by atoms with Crippen molar-refractivity contribution in [2.75, 3.05) is 26.2 Å². The first kappa shape index (κ1) is 17.1. The summed E-state index contributed by atoms with van der Waals surface area (Å²) in [7, 11) is 0. The van der Waals surface area contributed by atoms with Gasteiger partial charge >= 0.3 is 0 Å². The van der Waals surface area contributed by atoms with E-state index < -0.39 is 0 Å². The number of hydrogen-bond acceptors (Lipinski definition) is 3. The first-order valence-corrected chi connectivity index (χ1v) is 8.86. The Labute approximate surface area is 143 Å². The van der Waals surface area contributed by atoms with Crippen LogP contribution < -0.4 is 0 Å². The maximum atomic E-state index is 13.3. The molecule has 1 aromatic heterocycles. The molecule has 1 saturated heterocycles. The van der Waals surface area contributed by atoms with Crippen molar-refractivity contribution < 1.29 is 4.39 Å². The van der Waals surface area contributed by atoms with Crippen molar-refractivity contribution in [2.24, 2.45) is 0 Å². The van der Waals surface area contributed by atoms with Crippen LogP contribution in [0.15, 0.2) is 30.5 Å². The van der Waals surface area contributed by atoms with E-state index in [9.17, 15) is 4.39 Å². The van der Waals surface area contributed by atoms with Gasteiger partial charge in [-0.05, 0) is 31.0 Å². The molecule has 1 aliphatic rings. The van der Waals surface area contributed by atoms with E-state index in [0.29, 0.717) is 0 Å². The number of benzene rings is 1. The third kappa shape index (κ3) is 4.22. The van der Waals surface area contributed by atoms with E-state index in [1.807, 2.05) is 12.3 Å². The summed E-state index contributed by atoms with van der Waals surface area (Å²) in [6, 6.07) is 6.93. The normalized spacial score (nSPS) is 16.6. The van der Waals surface area contributed by atoms with Crippen LogP contribution in [0.3, 0.4) is 0 Å². The highest BCUT2D eigenvalue weighted by Crippen LogP contribution is 2.14. The molecule has 0 amide bonds. The second-order valence-electron chi connectivity index (χ2n) is 6.66. The van der Waals surface area contributed by atoms with Crippen LogP contribution in [0.25, 0.3) is 0 Å². The summed E-state index contributed by atoms with van der Waals surface area (Å²) in [5.41, 5.74) is 3.68. The van der Waals surface area contributed by atoms with E-state index in [1.54, 1.807) is 12.1 Å². The maximum absolute atomic E-state index is 13.3. The van der Waals surface area contributed by atoms with Crippen molar-refractivity contribution in [3.05, 3.63) is 53.1 Å². The highest BCUT2D eigenvalue weighted by Gasteiger charge is 2.18. The number of nitrogens with zero attached hydrogens (tertiary/aromatic N) is 4. The number of halogens is 1. The highest BCUT2D eigenvalue weighted by atomic mass is 19.1. The van der Waals surface area contributed by atoms with Crippen LogP contribution in [0.4, 0.5) is 4.39 Å². The fourth-order valence-electron chi connectivity index (χ4n) is 3.32. The quantitative estimate of drug-likeness (QED) is 0.813. The van der Waals surface area contributed by atoms with Crippen LogP contribution in [-0.4, -0.2) is 45.8 Å². The third-order valence-corrected chi connectivity index (χ3v) is 4.79. The molecule has 5 heteroatoms. The molecule has 0 aliphatic carbocycles. The standard InChI is InChI=1S/C19H27FN4/c1-3-7-24-16(2)18(13-21-24)15-23-10-8-22(9-11-23)14-17-5-4-6-19(20)12-17/h4-6,12-13H,3,7-11,14-15H2,1-2H3. The van der Waals surface area contributed by atoms with Crippen LogP contribution in [0.5, 0.6) is 0 Å².